The molecule has 4 atom stereocenters. The Bertz CT molecular complexity index is 1190. The number of likely N-dealkylation sites (N-methyl/N-ethyl adjacent to an activating group) is 1. The van der Waals surface area contributed by atoms with Crippen molar-refractivity contribution in [1.29, 1.82) is 0 Å². The average molecular weight is 661 g/mol. The standard InChI is InChI=1S/C14H18N2OS.C12H21N3O2.C6H11NO.C2H6O/c1-10-14(18-9-16-10)12-5-3-11(4-6-12)13(15-2)7-8-17;1-12(2)7-17-6-9(11(13)8-3-4-8)15(14)10(12)5-16;1-7-4-2-3-6(7)5-8;1-3-2/h3,5-6,8-9,11,13,15H,4,7H2,1-2H3;5,8,10H,3-4,6-7,13-14H2,1-2H3;5-6H,2-4H2,1H3;1-2H3/b;11-9-;;. The van der Waals surface area contributed by atoms with Crippen molar-refractivity contribution in [2.45, 2.75) is 77.4 Å². The fourth-order valence-corrected chi connectivity index (χ4v) is 6.46. The first kappa shape index (κ1) is 39.4. The number of ether oxygens (including phenoxy) is 2. The molecule has 0 radical (unpaired) electrons. The number of hydrazine groups is 1. The number of carbonyl (C=O) groups is 3. The van der Waals surface area contributed by atoms with Gasteiger partial charge in [-0.2, -0.15) is 0 Å². The summed E-state index contributed by atoms with van der Waals surface area (Å²) in [5.74, 6) is 6.88. The van der Waals surface area contributed by atoms with Crippen molar-refractivity contribution in [2.24, 2.45) is 28.8 Å². The molecule has 1 saturated carbocycles. The molecular weight excluding hydrogens is 604 g/mol. The molecule has 5 rings (SSSR count). The maximum Gasteiger partial charge on any atom is 0.144 e. The van der Waals surface area contributed by atoms with E-state index in [0.29, 0.717) is 31.5 Å². The minimum atomic E-state index is -0.391. The molecule has 0 bridgehead atoms. The van der Waals surface area contributed by atoms with E-state index in [1.165, 1.54) is 21.9 Å². The third kappa shape index (κ3) is 11.5. The van der Waals surface area contributed by atoms with Gasteiger partial charge in [-0.1, -0.05) is 32.1 Å². The molecule has 2 aliphatic carbocycles. The van der Waals surface area contributed by atoms with Crippen LogP contribution in [0.15, 0.2) is 35.1 Å². The van der Waals surface area contributed by atoms with Gasteiger partial charge in [0.2, 0.25) is 0 Å². The highest BCUT2D eigenvalue weighted by molar-refractivity contribution is 7.11. The highest BCUT2D eigenvalue weighted by Crippen LogP contribution is 2.38. The monoisotopic (exact) mass is 660 g/mol. The molecule has 2 aliphatic heterocycles. The Labute approximate surface area is 279 Å². The normalized spacial score (nSPS) is 25.6. The molecule has 0 amide bonds. The zero-order valence-corrected chi connectivity index (χ0v) is 29.6. The van der Waals surface area contributed by atoms with Crippen LogP contribution in [0.4, 0.5) is 0 Å². The van der Waals surface area contributed by atoms with Gasteiger partial charge < -0.3 is 39.9 Å². The second-order valence-corrected chi connectivity index (χ2v) is 13.7. The highest BCUT2D eigenvalue weighted by Gasteiger charge is 2.39. The molecule has 1 aromatic rings. The summed E-state index contributed by atoms with van der Waals surface area (Å²) >= 11 is 1.68. The van der Waals surface area contributed by atoms with Crippen LogP contribution in [-0.4, -0.2) is 100.0 Å². The van der Waals surface area contributed by atoms with Crippen molar-refractivity contribution in [2.75, 3.05) is 48.1 Å². The van der Waals surface area contributed by atoms with E-state index >= 15 is 0 Å². The highest BCUT2D eigenvalue weighted by atomic mass is 32.1. The molecule has 258 valence electrons. The molecule has 2 saturated heterocycles. The van der Waals surface area contributed by atoms with Crippen LogP contribution in [0.2, 0.25) is 0 Å². The lowest BCUT2D eigenvalue weighted by Gasteiger charge is -2.34. The molecule has 5 N–H and O–H groups in total. The Morgan fingerprint density at radius 2 is 1.93 bits per heavy atom. The fraction of sp³-hybridized carbons (Fsp3) is 0.647. The largest absolute Gasteiger partial charge is 0.400 e. The van der Waals surface area contributed by atoms with E-state index in [0.717, 1.165) is 68.2 Å². The predicted molar refractivity (Wildman–Crippen MR) is 185 cm³/mol. The predicted octanol–water partition coefficient (Wildman–Crippen LogP) is 3.50. The van der Waals surface area contributed by atoms with Crippen molar-refractivity contribution in [1.82, 2.24) is 20.2 Å². The number of aromatic nitrogens is 1. The molecule has 0 spiro atoms. The van der Waals surface area contributed by atoms with E-state index in [4.69, 9.17) is 16.3 Å². The van der Waals surface area contributed by atoms with Crippen molar-refractivity contribution >= 4 is 35.8 Å². The number of aldehydes is 3. The number of nitrogens with one attached hydrogen (secondary N) is 1. The Morgan fingerprint density at radius 3 is 2.37 bits per heavy atom. The number of nitrogens with two attached hydrogens (primary N) is 2. The molecule has 0 aromatic carbocycles. The molecule has 4 aliphatic rings. The number of thiazole rings is 1. The summed E-state index contributed by atoms with van der Waals surface area (Å²) in [6.07, 6.45) is 15.5. The van der Waals surface area contributed by atoms with E-state index in [1.54, 1.807) is 25.6 Å². The number of likely N-dealkylation sites (tertiary alicyclic amines) is 1. The fourth-order valence-electron chi connectivity index (χ4n) is 5.63. The first-order valence-electron chi connectivity index (χ1n) is 16.0. The quantitative estimate of drug-likeness (QED) is 0.277. The summed E-state index contributed by atoms with van der Waals surface area (Å²) in [6, 6.07) is 0.0615. The number of aryl methyl sites for hydroxylation is 1. The van der Waals surface area contributed by atoms with Crippen LogP contribution in [0, 0.1) is 24.2 Å². The number of hydrogen-bond donors (Lipinski definition) is 3. The lowest BCUT2D eigenvalue weighted by molar-refractivity contribution is -0.115. The Kier molecular flexibility index (Phi) is 17.0. The molecule has 4 unspecified atom stereocenters. The van der Waals surface area contributed by atoms with Gasteiger partial charge in [0.25, 0.3) is 0 Å². The van der Waals surface area contributed by atoms with Gasteiger partial charge in [-0.05, 0) is 71.2 Å². The summed E-state index contributed by atoms with van der Waals surface area (Å²) in [4.78, 5) is 39.7. The Balaban J connectivity index is 0.000000244. The van der Waals surface area contributed by atoms with Crippen molar-refractivity contribution < 1.29 is 23.9 Å². The molecular formula is C34H56N6O5S. The van der Waals surface area contributed by atoms with Gasteiger partial charge >= 0.3 is 0 Å². The third-order valence-electron chi connectivity index (χ3n) is 8.72. The summed E-state index contributed by atoms with van der Waals surface area (Å²) in [7, 11) is 7.15. The van der Waals surface area contributed by atoms with Crippen LogP contribution >= 0.6 is 11.3 Å². The van der Waals surface area contributed by atoms with Crippen LogP contribution < -0.4 is 16.9 Å². The SMILES string of the molecule is CC1(C)COC/C(=C(/N)C2CC2)N(N)C1C=O.CN1CCCC1C=O.CNC(CC=O)C1C=CC(c2scnc2C)=CC1.COC. The molecule has 46 heavy (non-hydrogen) atoms. The van der Waals surface area contributed by atoms with Crippen LogP contribution in [0.1, 0.15) is 62.9 Å². The molecule has 3 heterocycles. The van der Waals surface area contributed by atoms with E-state index in [-0.39, 0.29) is 17.5 Å². The summed E-state index contributed by atoms with van der Waals surface area (Å²) < 4.78 is 9.86. The van der Waals surface area contributed by atoms with Crippen molar-refractivity contribution in [3.8, 4) is 0 Å². The second kappa shape index (κ2) is 19.8. The number of methoxy groups -OCH3 is 1. The van der Waals surface area contributed by atoms with Crippen molar-refractivity contribution in [3.63, 3.8) is 0 Å². The van der Waals surface area contributed by atoms with Crippen LogP contribution in [-0.2, 0) is 23.9 Å². The Morgan fingerprint density at radius 1 is 1.24 bits per heavy atom. The molecule has 3 fully saturated rings. The van der Waals surface area contributed by atoms with E-state index in [1.807, 2.05) is 40.4 Å². The lowest BCUT2D eigenvalue weighted by Crippen LogP contribution is -2.50. The maximum atomic E-state index is 11.3. The van der Waals surface area contributed by atoms with Gasteiger partial charge in [0.15, 0.2) is 0 Å². The third-order valence-corrected chi connectivity index (χ3v) is 9.69. The number of hydrogen-bond acceptors (Lipinski definition) is 12. The van der Waals surface area contributed by atoms with E-state index < -0.39 is 6.04 Å². The van der Waals surface area contributed by atoms with Crippen LogP contribution in [0.5, 0.6) is 0 Å². The van der Waals surface area contributed by atoms with E-state index in [2.05, 4.69) is 38.2 Å². The first-order chi connectivity index (χ1) is 22.0. The zero-order chi connectivity index (χ0) is 34.3. The average Bonchev–Trinajstić information content (AvgIpc) is 3.70. The zero-order valence-electron chi connectivity index (χ0n) is 28.7. The summed E-state index contributed by atoms with van der Waals surface area (Å²) in [5, 5.41) is 4.72. The topological polar surface area (TPSA) is 153 Å². The van der Waals surface area contributed by atoms with Crippen LogP contribution in [0.3, 0.4) is 0 Å². The van der Waals surface area contributed by atoms with Gasteiger partial charge in [-0.15, -0.1) is 11.3 Å². The minimum Gasteiger partial charge on any atom is -0.400 e. The number of allylic oxidation sites excluding steroid dienone is 4. The second-order valence-electron chi connectivity index (χ2n) is 12.9. The van der Waals surface area contributed by atoms with Gasteiger partial charge in [-0.3, -0.25) is 4.90 Å². The van der Waals surface area contributed by atoms with E-state index in [9.17, 15) is 14.4 Å². The van der Waals surface area contributed by atoms with Gasteiger partial charge in [0.1, 0.15) is 24.9 Å². The van der Waals surface area contributed by atoms with Gasteiger partial charge in [0.05, 0.1) is 41.0 Å². The van der Waals surface area contributed by atoms with Crippen molar-refractivity contribution in [3.05, 3.63) is 45.7 Å². The number of rotatable bonds is 8. The summed E-state index contributed by atoms with van der Waals surface area (Å²) in [6.45, 7) is 7.97. The Hall–Kier alpha value is -2.74. The van der Waals surface area contributed by atoms with Gasteiger partial charge in [-0.25, -0.2) is 10.8 Å². The molecule has 1 aromatic heterocycles. The smallest absolute Gasteiger partial charge is 0.144 e. The molecule has 12 heteroatoms. The van der Waals surface area contributed by atoms with Gasteiger partial charge in [0, 0.05) is 43.7 Å². The minimum absolute atomic E-state index is 0.218. The summed E-state index contributed by atoms with van der Waals surface area (Å²) in [5.41, 5.74) is 11.6. The number of carbonyl (C=O) groups excluding carboxylic acids is 3. The number of nitrogens with zero attached hydrogens (tertiary/aromatic N) is 3. The van der Waals surface area contributed by atoms with Crippen LogP contribution in [0.25, 0.3) is 5.57 Å². The maximum absolute atomic E-state index is 11.3. The lowest BCUT2D eigenvalue weighted by atomic mass is 9.86. The molecule has 11 nitrogen and oxygen atoms in total. The first-order valence-corrected chi connectivity index (χ1v) is 16.9.